The highest BCUT2D eigenvalue weighted by molar-refractivity contribution is 6.06. The topological polar surface area (TPSA) is 90.5 Å². The minimum absolute atomic E-state index is 0.0574. The SMILES string of the molecule is CCN(C(=O)c1ccc(NC(=O)CNc2cccc(NC(C)=O)c2)cc1)c1ccccc1. The van der Waals surface area contributed by atoms with Crippen molar-refractivity contribution in [3.63, 3.8) is 0 Å². The summed E-state index contributed by atoms with van der Waals surface area (Å²) in [4.78, 5) is 38.0. The van der Waals surface area contributed by atoms with Gasteiger partial charge in [-0.3, -0.25) is 14.4 Å². The van der Waals surface area contributed by atoms with Crippen molar-refractivity contribution in [2.75, 3.05) is 33.9 Å². The van der Waals surface area contributed by atoms with Gasteiger partial charge in [-0.05, 0) is 61.5 Å². The highest BCUT2D eigenvalue weighted by atomic mass is 16.2. The van der Waals surface area contributed by atoms with E-state index in [4.69, 9.17) is 0 Å². The first kappa shape index (κ1) is 22.6. The predicted octanol–water partition coefficient (Wildman–Crippen LogP) is 4.36. The minimum Gasteiger partial charge on any atom is -0.376 e. The van der Waals surface area contributed by atoms with Crippen LogP contribution in [0.5, 0.6) is 0 Å². The van der Waals surface area contributed by atoms with Crippen LogP contribution in [0.4, 0.5) is 22.7 Å². The molecule has 7 heteroatoms. The second-order valence-corrected chi connectivity index (χ2v) is 7.13. The Morgan fingerprint density at radius 1 is 0.781 bits per heavy atom. The molecule has 0 saturated heterocycles. The van der Waals surface area contributed by atoms with Crippen molar-refractivity contribution in [2.24, 2.45) is 0 Å². The zero-order valence-corrected chi connectivity index (χ0v) is 18.1. The maximum atomic E-state index is 12.9. The van der Waals surface area contributed by atoms with Crippen LogP contribution in [0, 0.1) is 0 Å². The molecule has 0 atom stereocenters. The predicted molar refractivity (Wildman–Crippen MR) is 128 cm³/mol. The maximum absolute atomic E-state index is 12.9. The summed E-state index contributed by atoms with van der Waals surface area (Å²) in [5, 5.41) is 8.53. The molecular formula is C25H26N4O3. The third kappa shape index (κ3) is 6.18. The lowest BCUT2D eigenvalue weighted by atomic mass is 10.1. The van der Waals surface area contributed by atoms with E-state index in [1.54, 1.807) is 47.4 Å². The first-order valence-electron chi connectivity index (χ1n) is 10.3. The zero-order chi connectivity index (χ0) is 22.9. The Balaban J connectivity index is 1.56. The van der Waals surface area contributed by atoms with Gasteiger partial charge in [-0.25, -0.2) is 0 Å². The summed E-state index contributed by atoms with van der Waals surface area (Å²) >= 11 is 0. The second-order valence-electron chi connectivity index (χ2n) is 7.13. The van der Waals surface area contributed by atoms with Gasteiger partial charge in [0.2, 0.25) is 11.8 Å². The molecule has 0 aromatic heterocycles. The fourth-order valence-electron chi connectivity index (χ4n) is 3.20. The van der Waals surface area contributed by atoms with Gasteiger partial charge in [0.05, 0.1) is 6.54 Å². The average Bonchev–Trinajstić information content (AvgIpc) is 2.79. The van der Waals surface area contributed by atoms with E-state index in [1.165, 1.54) is 6.92 Å². The molecule has 3 aromatic carbocycles. The Labute approximate surface area is 187 Å². The first-order valence-corrected chi connectivity index (χ1v) is 10.3. The Morgan fingerprint density at radius 3 is 2.12 bits per heavy atom. The van der Waals surface area contributed by atoms with Crippen molar-refractivity contribution in [3.8, 4) is 0 Å². The number of benzene rings is 3. The van der Waals surface area contributed by atoms with E-state index in [0.717, 1.165) is 5.69 Å². The summed E-state index contributed by atoms with van der Waals surface area (Å²) in [6.07, 6.45) is 0. The summed E-state index contributed by atoms with van der Waals surface area (Å²) < 4.78 is 0. The molecule has 0 bridgehead atoms. The normalized spacial score (nSPS) is 10.2. The van der Waals surface area contributed by atoms with E-state index in [-0.39, 0.29) is 24.3 Å². The van der Waals surface area contributed by atoms with Gasteiger partial charge < -0.3 is 20.9 Å². The fourth-order valence-corrected chi connectivity index (χ4v) is 3.20. The Hall–Kier alpha value is -4.13. The Kier molecular flexibility index (Phi) is 7.59. The molecule has 0 radical (unpaired) electrons. The molecule has 0 aliphatic rings. The van der Waals surface area contributed by atoms with Gasteiger partial charge in [-0.15, -0.1) is 0 Å². The molecule has 3 amide bonds. The monoisotopic (exact) mass is 430 g/mol. The largest absolute Gasteiger partial charge is 0.376 e. The van der Waals surface area contributed by atoms with Crippen LogP contribution in [0.15, 0.2) is 78.9 Å². The molecule has 0 heterocycles. The van der Waals surface area contributed by atoms with E-state index in [1.807, 2.05) is 43.3 Å². The summed E-state index contributed by atoms with van der Waals surface area (Å²) in [5.74, 6) is -0.488. The van der Waals surface area contributed by atoms with Crippen LogP contribution in [0.1, 0.15) is 24.2 Å². The van der Waals surface area contributed by atoms with Gasteiger partial charge in [-0.2, -0.15) is 0 Å². The number of anilines is 4. The molecule has 0 spiro atoms. The molecule has 0 aliphatic heterocycles. The molecule has 32 heavy (non-hydrogen) atoms. The standard InChI is InChI=1S/C25H26N4O3/c1-3-29(23-10-5-4-6-11-23)25(32)19-12-14-20(15-13-19)28-24(31)17-26-21-8-7-9-22(16-21)27-18(2)30/h4-16,26H,3,17H2,1-2H3,(H,27,30)(H,28,31). The molecule has 0 aliphatic carbocycles. The number of hydrogen-bond acceptors (Lipinski definition) is 4. The van der Waals surface area contributed by atoms with E-state index >= 15 is 0 Å². The Bertz CT molecular complexity index is 1080. The molecule has 7 nitrogen and oxygen atoms in total. The summed E-state index contributed by atoms with van der Waals surface area (Å²) in [7, 11) is 0. The number of rotatable bonds is 8. The average molecular weight is 431 g/mol. The van der Waals surface area contributed by atoms with Crippen LogP contribution < -0.4 is 20.9 Å². The van der Waals surface area contributed by atoms with E-state index in [0.29, 0.717) is 29.2 Å². The number of carbonyl (C=O) groups excluding carboxylic acids is 3. The van der Waals surface area contributed by atoms with Gasteiger partial charge in [0.1, 0.15) is 0 Å². The van der Waals surface area contributed by atoms with Crippen LogP contribution in [-0.4, -0.2) is 30.8 Å². The number of hydrogen-bond donors (Lipinski definition) is 3. The fraction of sp³-hybridized carbons (Fsp3) is 0.160. The molecule has 164 valence electrons. The second kappa shape index (κ2) is 10.8. The lowest BCUT2D eigenvalue weighted by Crippen LogP contribution is -2.30. The summed E-state index contributed by atoms with van der Waals surface area (Å²) in [5.41, 5.74) is 3.35. The number of amides is 3. The maximum Gasteiger partial charge on any atom is 0.258 e. The molecule has 0 fully saturated rings. The van der Waals surface area contributed by atoms with Gasteiger partial charge in [0.15, 0.2) is 0 Å². The van der Waals surface area contributed by atoms with Crippen molar-refractivity contribution in [2.45, 2.75) is 13.8 Å². The quantitative estimate of drug-likeness (QED) is 0.495. The lowest BCUT2D eigenvalue weighted by molar-refractivity contribution is -0.115. The van der Waals surface area contributed by atoms with Gasteiger partial charge >= 0.3 is 0 Å². The van der Waals surface area contributed by atoms with Crippen molar-refractivity contribution in [3.05, 3.63) is 84.4 Å². The summed E-state index contributed by atoms with van der Waals surface area (Å²) in [6, 6.07) is 23.4. The third-order valence-corrected chi connectivity index (χ3v) is 4.68. The van der Waals surface area contributed by atoms with Crippen molar-refractivity contribution >= 4 is 40.5 Å². The molecule has 0 unspecified atom stereocenters. The van der Waals surface area contributed by atoms with Crippen LogP contribution in [0.2, 0.25) is 0 Å². The lowest BCUT2D eigenvalue weighted by Gasteiger charge is -2.21. The number of nitrogens with zero attached hydrogens (tertiary/aromatic N) is 1. The van der Waals surface area contributed by atoms with E-state index < -0.39 is 0 Å². The molecule has 0 saturated carbocycles. The third-order valence-electron chi connectivity index (χ3n) is 4.68. The van der Waals surface area contributed by atoms with Crippen molar-refractivity contribution in [1.29, 1.82) is 0 Å². The highest BCUT2D eigenvalue weighted by Crippen LogP contribution is 2.18. The number of carbonyl (C=O) groups is 3. The molecule has 3 N–H and O–H groups in total. The van der Waals surface area contributed by atoms with E-state index in [2.05, 4.69) is 16.0 Å². The number of para-hydroxylation sites is 1. The van der Waals surface area contributed by atoms with Crippen LogP contribution in [0.3, 0.4) is 0 Å². The molecule has 3 rings (SSSR count). The van der Waals surface area contributed by atoms with Gasteiger partial charge in [-0.1, -0.05) is 24.3 Å². The van der Waals surface area contributed by atoms with Crippen LogP contribution >= 0.6 is 0 Å². The van der Waals surface area contributed by atoms with Crippen molar-refractivity contribution in [1.82, 2.24) is 0 Å². The smallest absolute Gasteiger partial charge is 0.258 e. The van der Waals surface area contributed by atoms with Gasteiger partial charge in [0, 0.05) is 41.8 Å². The van der Waals surface area contributed by atoms with Crippen LogP contribution in [-0.2, 0) is 9.59 Å². The molecular weight excluding hydrogens is 404 g/mol. The highest BCUT2D eigenvalue weighted by Gasteiger charge is 2.16. The minimum atomic E-state index is -0.228. The first-order chi connectivity index (χ1) is 15.5. The summed E-state index contributed by atoms with van der Waals surface area (Å²) in [6.45, 7) is 3.98. The van der Waals surface area contributed by atoms with Crippen LogP contribution in [0.25, 0.3) is 0 Å². The molecule has 3 aromatic rings. The van der Waals surface area contributed by atoms with Crippen molar-refractivity contribution < 1.29 is 14.4 Å². The Morgan fingerprint density at radius 2 is 1.47 bits per heavy atom. The van der Waals surface area contributed by atoms with Gasteiger partial charge in [0.25, 0.3) is 5.91 Å². The van der Waals surface area contributed by atoms with E-state index in [9.17, 15) is 14.4 Å². The zero-order valence-electron chi connectivity index (χ0n) is 18.1. The number of nitrogens with one attached hydrogen (secondary N) is 3.